The summed E-state index contributed by atoms with van der Waals surface area (Å²) in [5, 5.41) is 12.2. The second kappa shape index (κ2) is 5.80. The highest BCUT2D eigenvalue weighted by Crippen LogP contribution is 2.15. The number of carbonyl (C=O) groups is 1. The molecule has 1 aromatic rings. The largest absolute Gasteiger partial charge is 0.497 e. The molecule has 110 valence electrons. The molecule has 7 heteroatoms. The molecule has 0 saturated carbocycles. The molecule has 0 aliphatic carbocycles. The number of carbonyl (C=O) groups excluding carboxylic acids is 1. The van der Waals surface area contributed by atoms with E-state index >= 15 is 0 Å². The monoisotopic (exact) mass is 299 g/mol. The van der Waals surface area contributed by atoms with Gasteiger partial charge >= 0.3 is 0 Å². The van der Waals surface area contributed by atoms with Gasteiger partial charge in [0.1, 0.15) is 5.75 Å². The Morgan fingerprint density at radius 1 is 1.45 bits per heavy atom. The van der Waals surface area contributed by atoms with Crippen molar-refractivity contribution >= 4 is 15.7 Å². The molecule has 0 aromatic heterocycles. The molecule has 2 atom stereocenters. The highest BCUT2D eigenvalue weighted by Gasteiger charge is 2.37. The van der Waals surface area contributed by atoms with Crippen molar-refractivity contribution in [1.82, 2.24) is 5.32 Å². The maximum absolute atomic E-state index is 11.9. The van der Waals surface area contributed by atoms with E-state index in [1.54, 1.807) is 31.4 Å². The van der Waals surface area contributed by atoms with Crippen molar-refractivity contribution in [3.63, 3.8) is 0 Å². The molecular formula is C13H17NO5S. The summed E-state index contributed by atoms with van der Waals surface area (Å²) in [6, 6.07) is 6.34. The lowest BCUT2D eigenvalue weighted by Gasteiger charge is -2.15. The average molecular weight is 299 g/mol. The number of nitrogens with one attached hydrogen (secondary N) is 1. The molecule has 1 heterocycles. The molecule has 2 rings (SSSR count). The number of benzene rings is 1. The molecule has 1 aliphatic rings. The van der Waals surface area contributed by atoms with Crippen LogP contribution in [0.25, 0.3) is 0 Å². The maximum Gasteiger partial charge on any atom is 0.224 e. The predicted octanol–water partition coefficient (Wildman–Crippen LogP) is -0.488. The number of aliphatic hydroxyl groups excluding tert-OH is 1. The zero-order valence-electron chi connectivity index (χ0n) is 11.1. The van der Waals surface area contributed by atoms with Crippen LogP contribution in [-0.2, 0) is 21.1 Å². The molecule has 0 spiro atoms. The third-order valence-corrected chi connectivity index (χ3v) is 4.88. The SMILES string of the molecule is COc1cccc(CC(=O)N[C@@H]2CS(=O)(=O)C[C@H]2O)c1. The van der Waals surface area contributed by atoms with Gasteiger partial charge in [-0.15, -0.1) is 0 Å². The van der Waals surface area contributed by atoms with Crippen molar-refractivity contribution in [2.24, 2.45) is 0 Å². The number of rotatable bonds is 4. The number of hydrogen-bond acceptors (Lipinski definition) is 5. The molecule has 20 heavy (non-hydrogen) atoms. The summed E-state index contributed by atoms with van der Waals surface area (Å²) in [6.45, 7) is 0. The van der Waals surface area contributed by atoms with Crippen molar-refractivity contribution in [1.29, 1.82) is 0 Å². The Hall–Kier alpha value is -1.60. The van der Waals surface area contributed by atoms with E-state index in [-0.39, 0.29) is 23.8 Å². The van der Waals surface area contributed by atoms with Crippen LogP contribution < -0.4 is 10.1 Å². The smallest absolute Gasteiger partial charge is 0.224 e. The Balaban J connectivity index is 1.96. The van der Waals surface area contributed by atoms with E-state index in [2.05, 4.69) is 5.32 Å². The van der Waals surface area contributed by atoms with E-state index < -0.39 is 22.0 Å². The van der Waals surface area contributed by atoms with Gasteiger partial charge in [-0.2, -0.15) is 0 Å². The highest BCUT2D eigenvalue weighted by molar-refractivity contribution is 7.91. The molecule has 1 aromatic carbocycles. The van der Waals surface area contributed by atoms with Crippen LogP contribution >= 0.6 is 0 Å². The molecule has 0 radical (unpaired) electrons. The van der Waals surface area contributed by atoms with E-state index in [0.717, 1.165) is 5.56 Å². The molecule has 1 aliphatic heterocycles. The third kappa shape index (κ3) is 3.71. The molecule has 0 unspecified atom stereocenters. The third-order valence-electron chi connectivity index (χ3n) is 3.17. The van der Waals surface area contributed by atoms with E-state index in [1.807, 2.05) is 0 Å². The number of hydrogen-bond donors (Lipinski definition) is 2. The van der Waals surface area contributed by atoms with Gasteiger partial charge in [0.25, 0.3) is 0 Å². The molecule has 1 amide bonds. The lowest BCUT2D eigenvalue weighted by molar-refractivity contribution is -0.121. The molecule has 0 bridgehead atoms. The van der Waals surface area contributed by atoms with Gasteiger partial charge in [-0.1, -0.05) is 12.1 Å². The summed E-state index contributed by atoms with van der Waals surface area (Å²) in [5.41, 5.74) is 0.761. The van der Waals surface area contributed by atoms with Crippen molar-refractivity contribution in [2.45, 2.75) is 18.6 Å². The van der Waals surface area contributed by atoms with E-state index in [1.165, 1.54) is 0 Å². The van der Waals surface area contributed by atoms with Gasteiger partial charge in [-0.25, -0.2) is 8.42 Å². The fraction of sp³-hybridized carbons (Fsp3) is 0.462. The van der Waals surface area contributed by atoms with Gasteiger partial charge in [0.2, 0.25) is 5.91 Å². The zero-order valence-corrected chi connectivity index (χ0v) is 11.9. The van der Waals surface area contributed by atoms with Crippen LogP contribution in [0.1, 0.15) is 5.56 Å². The van der Waals surface area contributed by atoms with Gasteiger partial charge in [-0.05, 0) is 17.7 Å². The fourth-order valence-corrected chi connectivity index (χ4v) is 3.93. The summed E-state index contributed by atoms with van der Waals surface area (Å²) < 4.78 is 27.8. The van der Waals surface area contributed by atoms with Crippen molar-refractivity contribution in [3.05, 3.63) is 29.8 Å². The van der Waals surface area contributed by atoms with Crippen LogP contribution in [-0.4, -0.2) is 50.2 Å². The molecule has 1 fully saturated rings. The maximum atomic E-state index is 11.9. The predicted molar refractivity (Wildman–Crippen MR) is 73.3 cm³/mol. The number of methoxy groups -OCH3 is 1. The summed E-state index contributed by atoms with van der Waals surface area (Å²) >= 11 is 0. The van der Waals surface area contributed by atoms with Crippen LogP contribution in [0.3, 0.4) is 0 Å². The zero-order chi connectivity index (χ0) is 14.8. The van der Waals surface area contributed by atoms with Gasteiger partial charge in [0.15, 0.2) is 9.84 Å². The second-order valence-corrected chi connectivity index (χ2v) is 7.00. The first-order chi connectivity index (χ1) is 9.39. The molecule has 2 N–H and O–H groups in total. The quantitative estimate of drug-likeness (QED) is 0.783. The highest BCUT2D eigenvalue weighted by atomic mass is 32.2. The Kier molecular flexibility index (Phi) is 4.29. The molecule has 6 nitrogen and oxygen atoms in total. The van der Waals surface area contributed by atoms with E-state index in [0.29, 0.717) is 5.75 Å². The van der Waals surface area contributed by atoms with Crippen LogP contribution in [0.4, 0.5) is 0 Å². The fourth-order valence-electron chi connectivity index (χ4n) is 2.19. The number of sulfone groups is 1. The van der Waals surface area contributed by atoms with Crippen molar-refractivity contribution < 1.29 is 23.1 Å². The van der Waals surface area contributed by atoms with Gasteiger partial charge < -0.3 is 15.2 Å². The average Bonchev–Trinajstić information content (AvgIpc) is 2.62. The Morgan fingerprint density at radius 2 is 2.20 bits per heavy atom. The van der Waals surface area contributed by atoms with Crippen molar-refractivity contribution in [2.75, 3.05) is 18.6 Å². The van der Waals surface area contributed by atoms with Crippen LogP contribution in [0.15, 0.2) is 24.3 Å². The minimum absolute atomic E-state index is 0.112. The number of ether oxygens (including phenoxy) is 1. The van der Waals surface area contributed by atoms with E-state index in [9.17, 15) is 18.3 Å². The second-order valence-electron chi connectivity index (χ2n) is 4.85. The number of amides is 1. The Labute approximate surface area is 117 Å². The number of aliphatic hydroxyl groups is 1. The summed E-state index contributed by atoms with van der Waals surface area (Å²) in [7, 11) is -1.72. The van der Waals surface area contributed by atoms with Crippen LogP contribution in [0.2, 0.25) is 0 Å². The normalized spacial score (nSPS) is 24.3. The topological polar surface area (TPSA) is 92.7 Å². The van der Waals surface area contributed by atoms with Crippen molar-refractivity contribution in [3.8, 4) is 5.75 Å². The van der Waals surface area contributed by atoms with Crippen LogP contribution in [0.5, 0.6) is 5.75 Å². The van der Waals surface area contributed by atoms with Crippen LogP contribution in [0, 0.1) is 0 Å². The van der Waals surface area contributed by atoms with Gasteiger partial charge in [-0.3, -0.25) is 4.79 Å². The summed E-state index contributed by atoms with van der Waals surface area (Å²) in [5.74, 6) is -0.173. The first-order valence-corrected chi connectivity index (χ1v) is 8.02. The Bertz CT molecular complexity index is 599. The minimum atomic E-state index is -3.26. The first-order valence-electron chi connectivity index (χ1n) is 6.20. The lowest BCUT2D eigenvalue weighted by Crippen LogP contribution is -2.43. The minimum Gasteiger partial charge on any atom is -0.497 e. The molecule has 1 saturated heterocycles. The Morgan fingerprint density at radius 3 is 2.80 bits per heavy atom. The lowest BCUT2D eigenvalue weighted by atomic mass is 10.1. The summed E-state index contributed by atoms with van der Waals surface area (Å²) in [4.78, 5) is 11.9. The van der Waals surface area contributed by atoms with E-state index in [4.69, 9.17) is 4.74 Å². The summed E-state index contributed by atoms with van der Waals surface area (Å²) in [6.07, 6.45) is -0.922. The standard InChI is InChI=1S/C13H17NO5S/c1-19-10-4-2-3-9(5-10)6-13(16)14-11-7-20(17,18)8-12(11)15/h2-5,11-12,15H,6-8H2,1H3,(H,14,16)/t11-,12-/m1/s1. The molecular weight excluding hydrogens is 282 g/mol. The first kappa shape index (κ1) is 14.8. The van der Waals surface area contributed by atoms with Gasteiger partial charge in [0, 0.05) is 0 Å². The van der Waals surface area contributed by atoms with Gasteiger partial charge in [0.05, 0.1) is 37.2 Å².